The van der Waals surface area contributed by atoms with Gasteiger partial charge in [0, 0.05) is 23.2 Å². The molecule has 1 unspecified atom stereocenters. The fourth-order valence-electron chi connectivity index (χ4n) is 2.47. The molecule has 0 radical (unpaired) electrons. The highest BCUT2D eigenvalue weighted by Gasteiger charge is 2.22. The summed E-state index contributed by atoms with van der Waals surface area (Å²) in [6.07, 6.45) is 4.79. The van der Waals surface area contributed by atoms with E-state index < -0.39 is 0 Å². The Labute approximate surface area is 146 Å². The van der Waals surface area contributed by atoms with Gasteiger partial charge >= 0.3 is 0 Å². The number of allylic oxidation sites excluding steroid dienone is 1. The molecule has 1 aromatic heterocycles. The molecule has 4 nitrogen and oxygen atoms in total. The minimum Gasteiger partial charge on any atom is -0.482 e. The van der Waals surface area contributed by atoms with Crippen molar-refractivity contribution < 1.29 is 9.53 Å². The van der Waals surface area contributed by atoms with E-state index in [0.29, 0.717) is 17.5 Å². The number of rotatable bonds is 6. The van der Waals surface area contributed by atoms with Crippen molar-refractivity contribution >= 4 is 23.4 Å². The van der Waals surface area contributed by atoms with E-state index in [1.807, 2.05) is 54.3 Å². The average molecular weight is 340 g/mol. The predicted molar refractivity (Wildman–Crippen MR) is 98.4 cm³/mol. The number of hydrogen-bond acceptors (Lipinski definition) is 4. The lowest BCUT2D eigenvalue weighted by Gasteiger charge is -2.25. The van der Waals surface area contributed by atoms with Crippen LogP contribution in [0, 0.1) is 6.92 Å². The maximum atomic E-state index is 12.7. The van der Waals surface area contributed by atoms with Crippen molar-refractivity contribution in [2.24, 2.45) is 0 Å². The smallest absolute Gasteiger partial charge is 0.264 e. The first-order valence-electron chi connectivity index (χ1n) is 7.94. The first-order valence-corrected chi connectivity index (χ1v) is 8.88. The van der Waals surface area contributed by atoms with Crippen LogP contribution in [-0.4, -0.2) is 29.3 Å². The minimum atomic E-state index is -0.0470. The summed E-state index contributed by atoms with van der Waals surface area (Å²) in [5.41, 5.74) is 1.82. The third-order valence-corrected chi connectivity index (χ3v) is 4.84. The number of carbonyl (C=O) groups is 1. The number of ether oxygens (including phenoxy) is 1. The lowest BCUT2D eigenvalue weighted by atomic mass is 10.2. The first kappa shape index (κ1) is 16.6. The number of carbonyl (C=O) groups excluding carboxylic acids is 1. The lowest BCUT2D eigenvalue weighted by molar-refractivity contribution is -0.120. The molecule has 24 heavy (non-hydrogen) atoms. The van der Waals surface area contributed by atoms with Gasteiger partial charge in [0.1, 0.15) is 5.75 Å². The number of benzene rings is 1. The molecule has 5 heteroatoms. The van der Waals surface area contributed by atoms with E-state index in [2.05, 4.69) is 16.5 Å². The van der Waals surface area contributed by atoms with Crippen molar-refractivity contribution in [1.82, 2.24) is 4.98 Å². The molecule has 2 heterocycles. The summed E-state index contributed by atoms with van der Waals surface area (Å²) in [5.74, 6) is 0.563. The van der Waals surface area contributed by atoms with Crippen LogP contribution in [0.2, 0.25) is 0 Å². The Balaban J connectivity index is 1.67. The fraction of sp³-hybridized carbons (Fsp3) is 0.263. The number of nitrogens with zero attached hydrogens (tertiary/aromatic N) is 2. The van der Waals surface area contributed by atoms with Crippen LogP contribution in [0.3, 0.4) is 0 Å². The number of amides is 1. The molecule has 0 aliphatic carbocycles. The molecule has 0 saturated carbocycles. The van der Waals surface area contributed by atoms with Gasteiger partial charge in [-0.2, -0.15) is 0 Å². The molecular formula is C19H20N2O2S. The zero-order chi connectivity index (χ0) is 16.8. The fourth-order valence-corrected chi connectivity index (χ4v) is 3.37. The quantitative estimate of drug-likeness (QED) is 0.802. The maximum absolute atomic E-state index is 12.7. The summed E-state index contributed by atoms with van der Waals surface area (Å²) in [7, 11) is 0. The molecule has 0 bridgehead atoms. The summed E-state index contributed by atoms with van der Waals surface area (Å²) in [6.45, 7) is 2.60. The number of para-hydroxylation sites is 1. The molecule has 0 N–H and O–H groups in total. The third-order valence-electron chi connectivity index (χ3n) is 3.77. The van der Waals surface area contributed by atoms with E-state index in [9.17, 15) is 4.79 Å². The van der Waals surface area contributed by atoms with Crippen LogP contribution in [0.25, 0.3) is 0 Å². The maximum Gasteiger partial charge on any atom is 0.264 e. The monoisotopic (exact) mass is 340 g/mol. The molecule has 3 rings (SSSR count). The second-order valence-electron chi connectivity index (χ2n) is 5.63. The van der Waals surface area contributed by atoms with E-state index in [1.54, 1.807) is 18.0 Å². The highest BCUT2D eigenvalue weighted by Crippen LogP contribution is 2.27. The van der Waals surface area contributed by atoms with Gasteiger partial charge in [0.05, 0.1) is 6.20 Å². The number of pyridine rings is 1. The van der Waals surface area contributed by atoms with Gasteiger partial charge in [-0.25, -0.2) is 0 Å². The summed E-state index contributed by atoms with van der Waals surface area (Å²) in [6, 6.07) is 13.5. The molecular weight excluding hydrogens is 320 g/mol. The van der Waals surface area contributed by atoms with Crippen LogP contribution in [-0.2, 0) is 4.79 Å². The first-order chi connectivity index (χ1) is 11.7. The van der Waals surface area contributed by atoms with Crippen LogP contribution < -0.4 is 9.64 Å². The molecule has 0 spiro atoms. The summed E-state index contributed by atoms with van der Waals surface area (Å²) in [5, 5.41) is 2.50. The summed E-state index contributed by atoms with van der Waals surface area (Å²) >= 11 is 1.77. The summed E-state index contributed by atoms with van der Waals surface area (Å²) < 4.78 is 5.61. The average Bonchev–Trinajstić information content (AvgIpc) is 3.13. The molecule has 2 aromatic rings. The van der Waals surface area contributed by atoms with Crippen molar-refractivity contribution in [2.75, 3.05) is 18.1 Å². The normalized spacial score (nSPS) is 16.1. The zero-order valence-corrected chi connectivity index (χ0v) is 14.4. The number of hydrogen-bond donors (Lipinski definition) is 0. The Morgan fingerprint density at radius 3 is 2.79 bits per heavy atom. The topological polar surface area (TPSA) is 42.4 Å². The van der Waals surface area contributed by atoms with Crippen LogP contribution >= 0.6 is 11.8 Å². The zero-order valence-electron chi connectivity index (χ0n) is 13.6. The van der Waals surface area contributed by atoms with Crippen LogP contribution in [0.1, 0.15) is 12.1 Å². The molecule has 1 atom stereocenters. The largest absolute Gasteiger partial charge is 0.482 e. The van der Waals surface area contributed by atoms with Crippen molar-refractivity contribution in [2.45, 2.75) is 18.6 Å². The van der Waals surface area contributed by atoms with Crippen molar-refractivity contribution in [1.29, 1.82) is 0 Å². The van der Waals surface area contributed by atoms with E-state index in [4.69, 9.17) is 4.74 Å². The molecule has 1 aliphatic heterocycles. The van der Waals surface area contributed by atoms with Gasteiger partial charge in [-0.15, -0.1) is 11.8 Å². The van der Waals surface area contributed by atoms with Gasteiger partial charge in [0.15, 0.2) is 6.61 Å². The van der Waals surface area contributed by atoms with E-state index in [0.717, 1.165) is 17.8 Å². The van der Waals surface area contributed by atoms with Crippen LogP contribution in [0.15, 0.2) is 60.1 Å². The number of thioether (sulfide) groups is 1. The van der Waals surface area contributed by atoms with Crippen molar-refractivity contribution in [3.8, 4) is 5.75 Å². The Morgan fingerprint density at radius 1 is 1.29 bits per heavy atom. The molecule has 124 valence electrons. The van der Waals surface area contributed by atoms with Gasteiger partial charge in [0.2, 0.25) is 0 Å². The van der Waals surface area contributed by atoms with Gasteiger partial charge in [0.25, 0.3) is 5.91 Å². The Bertz CT molecular complexity index is 693. The van der Waals surface area contributed by atoms with E-state index in [1.165, 1.54) is 0 Å². The molecule has 1 aromatic carbocycles. The van der Waals surface area contributed by atoms with Gasteiger partial charge in [-0.3, -0.25) is 9.78 Å². The highest BCUT2D eigenvalue weighted by molar-refractivity contribution is 8.03. The van der Waals surface area contributed by atoms with Gasteiger partial charge < -0.3 is 9.64 Å². The van der Waals surface area contributed by atoms with Gasteiger partial charge in [-0.1, -0.05) is 24.3 Å². The van der Waals surface area contributed by atoms with Crippen LogP contribution in [0.4, 0.5) is 5.69 Å². The standard InChI is InChI=1S/C19H20N2O2S/c1-15-9-10-17(12-20-15)23-14-19(22)21(13-18-8-5-11-24-18)16-6-3-2-4-7-16/h2-7,9-12,18H,8,13-14H2,1H3. The second kappa shape index (κ2) is 8.02. The SMILES string of the molecule is Cc1ccc(OCC(=O)N(CC2CC=CS2)c2ccccc2)cn1. The van der Waals surface area contributed by atoms with Crippen LogP contribution in [0.5, 0.6) is 5.75 Å². The third kappa shape index (κ3) is 4.38. The molecule has 1 amide bonds. The van der Waals surface area contributed by atoms with Crippen molar-refractivity contribution in [3.05, 3.63) is 65.8 Å². The van der Waals surface area contributed by atoms with E-state index >= 15 is 0 Å². The number of aromatic nitrogens is 1. The second-order valence-corrected chi connectivity index (χ2v) is 6.84. The molecule has 0 fully saturated rings. The molecule has 1 aliphatic rings. The van der Waals surface area contributed by atoms with E-state index in [-0.39, 0.29) is 12.5 Å². The number of aryl methyl sites for hydroxylation is 1. The van der Waals surface area contributed by atoms with Gasteiger partial charge in [-0.05, 0) is 43.0 Å². The lowest BCUT2D eigenvalue weighted by Crippen LogP contribution is -2.39. The Morgan fingerprint density at radius 2 is 2.12 bits per heavy atom. The Hall–Kier alpha value is -2.27. The Kier molecular flexibility index (Phi) is 5.54. The summed E-state index contributed by atoms with van der Waals surface area (Å²) in [4.78, 5) is 18.7. The minimum absolute atomic E-state index is 0.00442. The highest BCUT2D eigenvalue weighted by atomic mass is 32.2. The predicted octanol–water partition coefficient (Wildman–Crippen LogP) is 3.82. The molecule has 0 saturated heterocycles. The van der Waals surface area contributed by atoms with Crippen molar-refractivity contribution in [3.63, 3.8) is 0 Å². The number of anilines is 1.